The zero-order valence-corrected chi connectivity index (χ0v) is 11.4. The summed E-state index contributed by atoms with van der Waals surface area (Å²) < 4.78 is 0. The Labute approximate surface area is 116 Å². The van der Waals surface area contributed by atoms with Crippen LogP contribution in [0, 0.1) is 10.1 Å². The number of hydrogen-bond acceptors (Lipinski definition) is 3. The van der Waals surface area contributed by atoms with Crippen LogP contribution >= 0.6 is 11.6 Å². The maximum atomic E-state index is 11.1. The van der Waals surface area contributed by atoms with Gasteiger partial charge in [0.2, 0.25) is 0 Å². The molecule has 0 atom stereocenters. The lowest BCUT2D eigenvalue weighted by atomic mass is 10.0. The molecule has 98 valence electrons. The number of pyridine rings is 1. The van der Waals surface area contributed by atoms with Crippen molar-refractivity contribution in [2.24, 2.45) is 0 Å². The molecule has 1 aromatic heterocycles. The molecule has 0 amide bonds. The summed E-state index contributed by atoms with van der Waals surface area (Å²) in [6.45, 7) is 4.09. The average molecular weight is 277 g/mol. The van der Waals surface area contributed by atoms with Crippen LogP contribution in [0.1, 0.15) is 25.5 Å². The minimum atomic E-state index is -0.464. The van der Waals surface area contributed by atoms with Gasteiger partial charge >= 0.3 is 0 Å². The van der Waals surface area contributed by atoms with Crippen molar-refractivity contribution >= 4 is 17.3 Å². The molecule has 0 saturated carbocycles. The van der Waals surface area contributed by atoms with Crippen molar-refractivity contribution in [3.63, 3.8) is 0 Å². The predicted octanol–water partition coefficient (Wildman–Crippen LogP) is 4.43. The monoisotopic (exact) mass is 276 g/mol. The van der Waals surface area contributed by atoms with E-state index in [0.717, 1.165) is 5.69 Å². The van der Waals surface area contributed by atoms with E-state index in [1.54, 1.807) is 18.3 Å². The van der Waals surface area contributed by atoms with Crippen LogP contribution in [-0.2, 0) is 0 Å². The molecule has 0 saturated heterocycles. The highest BCUT2D eigenvalue weighted by atomic mass is 35.5. The van der Waals surface area contributed by atoms with Gasteiger partial charge in [0.15, 0.2) is 0 Å². The molecule has 1 aromatic carbocycles. The Bertz CT molecular complexity index is 609. The standard InChI is InChI=1S/C14H13ClN2O2/c1-9(2)13-7-6-10(8-16-13)11-4-3-5-12(15)14(11)17(18)19/h3-9H,1-2H3. The van der Waals surface area contributed by atoms with E-state index in [2.05, 4.69) is 4.98 Å². The Hall–Kier alpha value is -1.94. The molecule has 2 rings (SSSR count). The molecule has 0 aliphatic carbocycles. The van der Waals surface area contributed by atoms with Gasteiger partial charge in [-0.2, -0.15) is 0 Å². The summed E-state index contributed by atoms with van der Waals surface area (Å²) in [6, 6.07) is 8.60. The fourth-order valence-corrected chi connectivity index (χ4v) is 2.08. The van der Waals surface area contributed by atoms with Crippen LogP contribution in [0.25, 0.3) is 11.1 Å². The van der Waals surface area contributed by atoms with Crippen molar-refractivity contribution in [1.29, 1.82) is 0 Å². The van der Waals surface area contributed by atoms with Gasteiger partial charge in [0, 0.05) is 17.5 Å². The molecule has 4 nitrogen and oxygen atoms in total. The zero-order valence-electron chi connectivity index (χ0n) is 10.6. The molecule has 0 spiro atoms. The molecule has 0 fully saturated rings. The molecule has 0 bridgehead atoms. The third kappa shape index (κ3) is 2.74. The van der Waals surface area contributed by atoms with E-state index < -0.39 is 4.92 Å². The number of benzene rings is 1. The summed E-state index contributed by atoms with van der Waals surface area (Å²) in [4.78, 5) is 14.9. The van der Waals surface area contributed by atoms with E-state index in [-0.39, 0.29) is 10.7 Å². The van der Waals surface area contributed by atoms with Gasteiger partial charge < -0.3 is 0 Å². The van der Waals surface area contributed by atoms with Gasteiger partial charge in [0.1, 0.15) is 5.02 Å². The van der Waals surface area contributed by atoms with Gasteiger partial charge in [0.25, 0.3) is 5.69 Å². The minimum Gasteiger partial charge on any atom is -0.260 e. The smallest absolute Gasteiger partial charge is 0.260 e. The number of hydrogen-bond donors (Lipinski definition) is 0. The number of nitro groups is 1. The Morgan fingerprint density at radius 3 is 2.53 bits per heavy atom. The minimum absolute atomic E-state index is 0.0803. The van der Waals surface area contributed by atoms with Gasteiger partial charge in [-0.25, -0.2) is 0 Å². The molecule has 0 unspecified atom stereocenters. The van der Waals surface area contributed by atoms with Gasteiger partial charge in [-0.1, -0.05) is 37.6 Å². The van der Waals surface area contributed by atoms with Crippen LogP contribution in [0.4, 0.5) is 5.69 Å². The lowest BCUT2D eigenvalue weighted by Crippen LogP contribution is -1.95. The number of nitrogens with zero attached hydrogens (tertiary/aromatic N) is 2. The highest BCUT2D eigenvalue weighted by Crippen LogP contribution is 2.35. The first-order valence-corrected chi connectivity index (χ1v) is 6.27. The van der Waals surface area contributed by atoms with E-state index in [0.29, 0.717) is 17.0 Å². The maximum absolute atomic E-state index is 11.1. The van der Waals surface area contributed by atoms with Crippen molar-refractivity contribution < 1.29 is 4.92 Å². The van der Waals surface area contributed by atoms with Crippen LogP contribution in [0.3, 0.4) is 0 Å². The van der Waals surface area contributed by atoms with Crippen LogP contribution in [-0.4, -0.2) is 9.91 Å². The Morgan fingerprint density at radius 1 is 1.26 bits per heavy atom. The lowest BCUT2D eigenvalue weighted by Gasteiger charge is -2.07. The molecule has 0 aliphatic heterocycles. The van der Waals surface area contributed by atoms with E-state index >= 15 is 0 Å². The maximum Gasteiger partial charge on any atom is 0.295 e. The molecule has 0 aliphatic rings. The molecular weight excluding hydrogens is 264 g/mol. The first kappa shape index (κ1) is 13.5. The number of aromatic nitrogens is 1. The Balaban J connectivity index is 2.53. The summed E-state index contributed by atoms with van der Waals surface area (Å²) in [5, 5.41) is 11.2. The van der Waals surface area contributed by atoms with E-state index in [9.17, 15) is 10.1 Å². The Kier molecular flexibility index (Phi) is 3.81. The van der Waals surface area contributed by atoms with E-state index in [1.807, 2.05) is 26.0 Å². The highest BCUT2D eigenvalue weighted by Gasteiger charge is 2.19. The normalized spacial score (nSPS) is 10.7. The number of para-hydroxylation sites is 1. The van der Waals surface area contributed by atoms with Gasteiger partial charge in [-0.15, -0.1) is 0 Å². The lowest BCUT2D eigenvalue weighted by molar-refractivity contribution is -0.384. The largest absolute Gasteiger partial charge is 0.295 e. The molecule has 0 radical (unpaired) electrons. The topological polar surface area (TPSA) is 56.0 Å². The quantitative estimate of drug-likeness (QED) is 0.615. The van der Waals surface area contributed by atoms with Crippen LogP contribution < -0.4 is 0 Å². The summed E-state index contributed by atoms with van der Waals surface area (Å²) in [5.74, 6) is 0.323. The second-order valence-electron chi connectivity index (χ2n) is 4.52. The van der Waals surface area contributed by atoms with Crippen molar-refractivity contribution in [1.82, 2.24) is 4.98 Å². The number of rotatable bonds is 3. The van der Waals surface area contributed by atoms with Crippen LogP contribution in [0.15, 0.2) is 36.5 Å². The second-order valence-corrected chi connectivity index (χ2v) is 4.93. The molecule has 5 heteroatoms. The van der Waals surface area contributed by atoms with Crippen molar-refractivity contribution in [2.75, 3.05) is 0 Å². The summed E-state index contributed by atoms with van der Waals surface area (Å²) in [7, 11) is 0. The SMILES string of the molecule is CC(C)c1ccc(-c2cccc(Cl)c2[N+](=O)[O-])cn1. The first-order chi connectivity index (χ1) is 9.00. The summed E-state index contributed by atoms with van der Waals surface area (Å²) in [6.07, 6.45) is 1.65. The molecule has 0 N–H and O–H groups in total. The fourth-order valence-electron chi connectivity index (χ4n) is 1.84. The summed E-state index contributed by atoms with van der Waals surface area (Å²) >= 11 is 5.89. The molecular formula is C14H13ClN2O2. The third-order valence-electron chi connectivity index (χ3n) is 2.86. The predicted molar refractivity (Wildman–Crippen MR) is 75.4 cm³/mol. The highest BCUT2D eigenvalue weighted by molar-refractivity contribution is 6.33. The van der Waals surface area contributed by atoms with Crippen molar-refractivity contribution in [2.45, 2.75) is 19.8 Å². The molecule has 19 heavy (non-hydrogen) atoms. The van der Waals surface area contributed by atoms with Gasteiger partial charge in [0.05, 0.1) is 10.5 Å². The fraction of sp³-hybridized carbons (Fsp3) is 0.214. The molecule has 1 heterocycles. The second kappa shape index (κ2) is 5.36. The third-order valence-corrected chi connectivity index (χ3v) is 3.16. The molecule has 2 aromatic rings. The van der Waals surface area contributed by atoms with Crippen LogP contribution in [0.5, 0.6) is 0 Å². The first-order valence-electron chi connectivity index (χ1n) is 5.90. The van der Waals surface area contributed by atoms with Crippen LogP contribution in [0.2, 0.25) is 5.02 Å². The van der Waals surface area contributed by atoms with Crippen molar-refractivity contribution in [3.8, 4) is 11.1 Å². The van der Waals surface area contributed by atoms with Gasteiger partial charge in [-0.3, -0.25) is 15.1 Å². The van der Waals surface area contributed by atoms with Gasteiger partial charge in [-0.05, 0) is 24.1 Å². The summed E-state index contributed by atoms with van der Waals surface area (Å²) in [5.41, 5.74) is 2.05. The average Bonchev–Trinajstić information content (AvgIpc) is 2.38. The zero-order chi connectivity index (χ0) is 14.0. The number of nitro benzene ring substituents is 1. The van der Waals surface area contributed by atoms with Crippen molar-refractivity contribution in [3.05, 3.63) is 57.4 Å². The van der Waals surface area contributed by atoms with E-state index in [4.69, 9.17) is 11.6 Å². The Morgan fingerprint density at radius 2 is 2.00 bits per heavy atom. The number of halogens is 1. The van der Waals surface area contributed by atoms with E-state index in [1.165, 1.54) is 6.07 Å².